The normalized spacial score (nSPS) is 29.5. The third-order valence-corrected chi connectivity index (χ3v) is 5.56. The molecule has 17 heavy (non-hydrogen) atoms. The first-order valence-corrected chi connectivity index (χ1v) is 7.53. The minimum atomic E-state index is 0.676. The molecule has 0 aliphatic heterocycles. The van der Waals surface area contributed by atoms with E-state index >= 15 is 0 Å². The summed E-state index contributed by atoms with van der Waals surface area (Å²) in [5.74, 6) is 2.61. The van der Waals surface area contributed by atoms with Crippen molar-refractivity contribution in [3.63, 3.8) is 0 Å². The van der Waals surface area contributed by atoms with E-state index in [0.29, 0.717) is 11.2 Å². The lowest BCUT2D eigenvalue weighted by Crippen LogP contribution is -2.32. The molecule has 1 heterocycles. The summed E-state index contributed by atoms with van der Waals surface area (Å²) < 4.78 is 5.38. The van der Waals surface area contributed by atoms with Gasteiger partial charge in [-0.05, 0) is 44.2 Å². The molecule has 3 heteroatoms. The predicted octanol–water partition coefficient (Wildman–Crippen LogP) is 3.83. The Morgan fingerprint density at radius 3 is 2.88 bits per heavy atom. The minimum absolute atomic E-state index is 0.676. The molecule has 1 aliphatic carbocycles. The second-order valence-corrected chi connectivity index (χ2v) is 6.36. The number of hydrogen-bond acceptors (Lipinski definition) is 3. The molecule has 1 aromatic rings. The Balaban J connectivity index is 2.03. The number of rotatable bonds is 4. The summed E-state index contributed by atoms with van der Waals surface area (Å²) in [4.78, 5) is 1.30. The summed E-state index contributed by atoms with van der Waals surface area (Å²) in [6, 6.07) is 2.09. The molecule has 1 fully saturated rings. The molecule has 0 spiro atoms. The van der Waals surface area contributed by atoms with Crippen LogP contribution in [0.5, 0.6) is 0 Å². The monoisotopic (exact) mass is 253 g/mol. The minimum Gasteiger partial charge on any atom is -0.468 e. The SMILES string of the molecule is CCC1CCC(CN)C(Sc2ccoc2C)C1. The van der Waals surface area contributed by atoms with Crippen molar-refractivity contribution in [2.24, 2.45) is 17.6 Å². The van der Waals surface area contributed by atoms with E-state index < -0.39 is 0 Å². The van der Waals surface area contributed by atoms with E-state index in [4.69, 9.17) is 10.2 Å². The first kappa shape index (κ1) is 13.0. The Bertz CT molecular complexity index is 350. The molecular weight excluding hydrogens is 230 g/mol. The summed E-state index contributed by atoms with van der Waals surface area (Å²) >= 11 is 1.98. The largest absolute Gasteiger partial charge is 0.468 e. The van der Waals surface area contributed by atoms with Gasteiger partial charge in [0, 0.05) is 10.1 Å². The summed E-state index contributed by atoms with van der Waals surface area (Å²) in [5, 5.41) is 0.676. The zero-order valence-corrected chi connectivity index (χ0v) is 11.6. The quantitative estimate of drug-likeness (QED) is 0.886. The first-order valence-electron chi connectivity index (χ1n) is 6.65. The highest BCUT2D eigenvalue weighted by Gasteiger charge is 2.30. The van der Waals surface area contributed by atoms with Crippen LogP contribution in [-0.4, -0.2) is 11.8 Å². The molecule has 96 valence electrons. The molecule has 0 aromatic carbocycles. The highest BCUT2D eigenvalue weighted by molar-refractivity contribution is 8.00. The van der Waals surface area contributed by atoms with Gasteiger partial charge in [0.1, 0.15) is 5.76 Å². The van der Waals surface area contributed by atoms with Crippen molar-refractivity contribution in [1.29, 1.82) is 0 Å². The third-order valence-electron chi connectivity index (χ3n) is 4.01. The third kappa shape index (κ3) is 3.08. The molecule has 1 aliphatic rings. The molecule has 1 aromatic heterocycles. The second-order valence-electron chi connectivity index (χ2n) is 5.08. The average Bonchev–Trinajstić information content (AvgIpc) is 2.75. The van der Waals surface area contributed by atoms with Gasteiger partial charge in [0.15, 0.2) is 0 Å². The Labute approximate surface area is 108 Å². The molecule has 0 radical (unpaired) electrons. The number of aryl methyl sites for hydroxylation is 1. The standard InChI is InChI=1S/C14H23NOS/c1-3-11-4-5-12(9-15)14(8-11)17-13-6-7-16-10(13)2/h6-7,11-12,14H,3-5,8-9,15H2,1-2H3. The number of thioether (sulfide) groups is 1. The van der Waals surface area contributed by atoms with Gasteiger partial charge in [-0.3, -0.25) is 0 Å². The van der Waals surface area contributed by atoms with Crippen molar-refractivity contribution in [3.8, 4) is 0 Å². The molecule has 2 N–H and O–H groups in total. The van der Waals surface area contributed by atoms with Gasteiger partial charge in [-0.25, -0.2) is 0 Å². The van der Waals surface area contributed by atoms with E-state index in [-0.39, 0.29) is 0 Å². The zero-order valence-electron chi connectivity index (χ0n) is 10.8. The van der Waals surface area contributed by atoms with Gasteiger partial charge < -0.3 is 10.2 Å². The van der Waals surface area contributed by atoms with Crippen LogP contribution in [0.25, 0.3) is 0 Å². The summed E-state index contributed by atoms with van der Waals surface area (Å²) in [7, 11) is 0. The maximum atomic E-state index is 5.91. The van der Waals surface area contributed by atoms with E-state index in [0.717, 1.165) is 18.2 Å². The summed E-state index contributed by atoms with van der Waals surface area (Å²) in [5.41, 5.74) is 5.91. The molecule has 0 saturated heterocycles. The smallest absolute Gasteiger partial charge is 0.114 e. The Morgan fingerprint density at radius 1 is 1.47 bits per heavy atom. The van der Waals surface area contributed by atoms with Crippen molar-refractivity contribution in [2.45, 2.75) is 49.7 Å². The molecule has 0 bridgehead atoms. The van der Waals surface area contributed by atoms with Gasteiger partial charge in [-0.2, -0.15) is 0 Å². The van der Waals surface area contributed by atoms with Crippen LogP contribution in [-0.2, 0) is 0 Å². The van der Waals surface area contributed by atoms with Gasteiger partial charge in [0.05, 0.1) is 6.26 Å². The first-order chi connectivity index (χ1) is 8.24. The molecule has 3 unspecified atom stereocenters. The van der Waals surface area contributed by atoms with E-state index in [9.17, 15) is 0 Å². The van der Waals surface area contributed by atoms with Crippen LogP contribution in [0.1, 0.15) is 38.4 Å². The predicted molar refractivity (Wildman–Crippen MR) is 73.3 cm³/mol. The van der Waals surface area contributed by atoms with Gasteiger partial charge in [0.25, 0.3) is 0 Å². The fourth-order valence-corrected chi connectivity index (χ4v) is 4.20. The van der Waals surface area contributed by atoms with Gasteiger partial charge in [-0.15, -0.1) is 11.8 Å². The second kappa shape index (κ2) is 5.96. The van der Waals surface area contributed by atoms with Crippen LogP contribution >= 0.6 is 11.8 Å². The maximum Gasteiger partial charge on any atom is 0.114 e. The maximum absolute atomic E-state index is 5.91. The van der Waals surface area contributed by atoms with Crippen LogP contribution < -0.4 is 5.73 Å². The lowest BCUT2D eigenvalue weighted by molar-refractivity contribution is 0.283. The van der Waals surface area contributed by atoms with Crippen LogP contribution in [0.2, 0.25) is 0 Å². The Hall–Kier alpha value is -0.410. The Morgan fingerprint density at radius 2 is 2.29 bits per heavy atom. The Kier molecular flexibility index (Phi) is 4.57. The van der Waals surface area contributed by atoms with Gasteiger partial charge >= 0.3 is 0 Å². The summed E-state index contributed by atoms with van der Waals surface area (Å²) in [6.45, 7) is 5.17. The zero-order chi connectivity index (χ0) is 12.3. The van der Waals surface area contributed by atoms with Crippen molar-refractivity contribution < 1.29 is 4.42 Å². The van der Waals surface area contributed by atoms with Crippen LogP contribution in [0.3, 0.4) is 0 Å². The molecule has 1 saturated carbocycles. The lowest BCUT2D eigenvalue weighted by atomic mass is 9.80. The van der Waals surface area contributed by atoms with Gasteiger partial charge in [0.2, 0.25) is 0 Å². The molecule has 2 rings (SSSR count). The van der Waals surface area contributed by atoms with Crippen molar-refractivity contribution in [3.05, 3.63) is 18.1 Å². The fraction of sp³-hybridized carbons (Fsp3) is 0.714. The van der Waals surface area contributed by atoms with E-state index in [1.165, 1.54) is 30.6 Å². The number of nitrogens with two attached hydrogens (primary N) is 1. The van der Waals surface area contributed by atoms with Crippen LogP contribution in [0.4, 0.5) is 0 Å². The van der Waals surface area contributed by atoms with Crippen molar-refractivity contribution in [2.75, 3.05) is 6.54 Å². The highest BCUT2D eigenvalue weighted by atomic mass is 32.2. The number of hydrogen-bond donors (Lipinski definition) is 1. The van der Waals surface area contributed by atoms with Gasteiger partial charge in [-0.1, -0.05) is 19.8 Å². The molecule has 2 nitrogen and oxygen atoms in total. The fourth-order valence-electron chi connectivity index (χ4n) is 2.72. The highest BCUT2D eigenvalue weighted by Crippen LogP contribution is 2.41. The van der Waals surface area contributed by atoms with Crippen LogP contribution in [0, 0.1) is 18.8 Å². The lowest BCUT2D eigenvalue weighted by Gasteiger charge is -2.34. The van der Waals surface area contributed by atoms with Crippen molar-refractivity contribution in [1.82, 2.24) is 0 Å². The number of furan rings is 1. The molecule has 0 amide bonds. The molecule has 3 atom stereocenters. The van der Waals surface area contributed by atoms with Crippen molar-refractivity contribution >= 4 is 11.8 Å². The van der Waals surface area contributed by atoms with Crippen LogP contribution in [0.15, 0.2) is 21.6 Å². The summed E-state index contributed by atoms with van der Waals surface area (Å²) in [6.07, 6.45) is 7.06. The van der Waals surface area contributed by atoms with E-state index in [2.05, 4.69) is 13.0 Å². The molecular formula is C14H23NOS. The topological polar surface area (TPSA) is 39.2 Å². The average molecular weight is 253 g/mol. The van der Waals surface area contributed by atoms with E-state index in [1.54, 1.807) is 6.26 Å². The van der Waals surface area contributed by atoms with E-state index in [1.807, 2.05) is 18.7 Å².